The van der Waals surface area contributed by atoms with Crippen LogP contribution in [0.25, 0.3) is 11.8 Å². The number of anilines is 1. The van der Waals surface area contributed by atoms with E-state index in [1.165, 1.54) is 0 Å². The number of aryl methyl sites for hydroxylation is 2. The van der Waals surface area contributed by atoms with Gasteiger partial charge in [0.05, 0.1) is 0 Å². The lowest BCUT2D eigenvalue weighted by Gasteiger charge is -2.08. The Labute approximate surface area is 159 Å². The zero-order chi connectivity index (χ0) is 19.2. The minimum atomic E-state index is -0.400. The highest BCUT2D eigenvalue weighted by Crippen LogP contribution is 2.19. The minimum Gasteiger partial charge on any atom is -0.321 e. The molecule has 1 heterocycles. The van der Waals surface area contributed by atoms with Crippen LogP contribution in [0.4, 0.5) is 5.69 Å². The molecule has 134 valence electrons. The number of amides is 1. The summed E-state index contributed by atoms with van der Waals surface area (Å²) in [4.78, 5) is 12.6. The van der Waals surface area contributed by atoms with Gasteiger partial charge in [0.2, 0.25) is 0 Å². The lowest BCUT2D eigenvalue weighted by molar-refractivity contribution is -0.112. The first-order valence-corrected chi connectivity index (χ1v) is 8.88. The first kappa shape index (κ1) is 18.2. The summed E-state index contributed by atoms with van der Waals surface area (Å²) in [6.07, 6.45) is 4.35. The first-order chi connectivity index (χ1) is 13.1. The zero-order valence-electron chi connectivity index (χ0n) is 15.4. The average molecular weight is 355 g/mol. The third-order valence-electron chi connectivity index (χ3n) is 4.39. The molecule has 0 atom stereocenters. The predicted molar refractivity (Wildman–Crippen MR) is 109 cm³/mol. The molecule has 0 unspecified atom stereocenters. The van der Waals surface area contributed by atoms with E-state index in [0.717, 1.165) is 34.6 Å². The van der Waals surface area contributed by atoms with Crippen LogP contribution in [-0.4, -0.2) is 10.5 Å². The molecule has 27 heavy (non-hydrogen) atoms. The second-order valence-electron chi connectivity index (χ2n) is 6.26. The number of hydrogen-bond acceptors (Lipinski definition) is 2. The van der Waals surface area contributed by atoms with Gasteiger partial charge in [0.1, 0.15) is 11.6 Å². The van der Waals surface area contributed by atoms with Crippen LogP contribution in [0, 0.1) is 18.3 Å². The number of carbonyl (C=O) groups excluding carboxylic acids is 1. The van der Waals surface area contributed by atoms with Gasteiger partial charge in [-0.2, -0.15) is 5.26 Å². The number of nitrogens with zero attached hydrogens (tertiary/aromatic N) is 2. The van der Waals surface area contributed by atoms with Crippen molar-refractivity contribution in [2.75, 3.05) is 5.32 Å². The lowest BCUT2D eigenvalue weighted by atomic mass is 10.1. The van der Waals surface area contributed by atoms with E-state index in [0.29, 0.717) is 0 Å². The molecule has 3 rings (SSSR count). The van der Waals surface area contributed by atoms with Crippen LogP contribution in [0.3, 0.4) is 0 Å². The van der Waals surface area contributed by atoms with Crippen molar-refractivity contribution in [2.45, 2.75) is 20.3 Å². The molecule has 0 bridgehead atoms. The number of carbonyl (C=O) groups is 1. The standard InChI is InChI=1S/C23H21N3O/c1-3-19-9-7-8-12-22(19)25-23(27)20(15-24)14-18-13-17(2)26(16-18)21-10-5-4-6-11-21/h4-14,16H,3H2,1-2H3,(H,25,27)/b20-14+. The van der Waals surface area contributed by atoms with Crippen molar-refractivity contribution in [3.63, 3.8) is 0 Å². The van der Waals surface area contributed by atoms with E-state index in [2.05, 4.69) is 5.32 Å². The van der Waals surface area contributed by atoms with E-state index in [-0.39, 0.29) is 5.57 Å². The fraction of sp³-hybridized carbons (Fsp3) is 0.130. The van der Waals surface area contributed by atoms with E-state index < -0.39 is 5.91 Å². The van der Waals surface area contributed by atoms with Crippen LogP contribution in [0.2, 0.25) is 0 Å². The van der Waals surface area contributed by atoms with E-state index >= 15 is 0 Å². The second kappa shape index (κ2) is 8.20. The molecule has 2 aromatic carbocycles. The Kier molecular flexibility index (Phi) is 5.53. The number of rotatable bonds is 5. The molecule has 0 fully saturated rings. The highest BCUT2D eigenvalue weighted by atomic mass is 16.1. The molecule has 1 amide bonds. The van der Waals surface area contributed by atoms with Crippen LogP contribution in [0.15, 0.2) is 72.4 Å². The van der Waals surface area contributed by atoms with Gasteiger partial charge in [0.25, 0.3) is 5.91 Å². The molecule has 3 aromatic rings. The normalized spacial score (nSPS) is 11.1. The molecule has 0 spiro atoms. The summed E-state index contributed by atoms with van der Waals surface area (Å²) in [5, 5.41) is 12.3. The zero-order valence-corrected chi connectivity index (χ0v) is 15.4. The number of para-hydroxylation sites is 2. The summed E-state index contributed by atoms with van der Waals surface area (Å²) in [5.74, 6) is -0.400. The van der Waals surface area contributed by atoms with Crippen LogP contribution >= 0.6 is 0 Å². The third-order valence-corrected chi connectivity index (χ3v) is 4.39. The Balaban J connectivity index is 1.86. The molecule has 0 saturated carbocycles. The molecule has 0 aliphatic carbocycles. The van der Waals surface area contributed by atoms with Crippen molar-refractivity contribution in [1.82, 2.24) is 4.57 Å². The Morgan fingerprint density at radius 3 is 2.56 bits per heavy atom. The summed E-state index contributed by atoms with van der Waals surface area (Å²) in [6.45, 7) is 4.02. The largest absolute Gasteiger partial charge is 0.321 e. The predicted octanol–water partition coefficient (Wildman–Crippen LogP) is 4.89. The first-order valence-electron chi connectivity index (χ1n) is 8.88. The third kappa shape index (κ3) is 4.16. The molecular weight excluding hydrogens is 334 g/mol. The van der Waals surface area contributed by atoms with Crippen LogP contribution in [-0.2, 0) is 11.2 Å². The van der Waals surface area contributed by atoms with Crippen molar-refractivity contribution >= 4 is 17.7 Å². The molecule has 4 heteroatoms. The summed E-state index contributed by atoms with van der Waals surface area (Å²) in [6, 6.07) is 21.5. The fourth-order valence-electron chi connectivity index (χ4n) is 3.00. The maximum Gasteiger partial charge on any atom is 0.266 e. The Bertz CT molecular complexity index is 1020. The maximum atomic E-state index is 12.6. The van der Waals surface area contributed by atoms with Crippen LogP contribution < -0.4 is 5.32 Å². The van der Waals surface area contributed by atoms with Crippen molar-refractivity contribution in [2.24, 2.45) is 0 Å². The minimum absolute atomic E-state index is 0.0751. The molecule has 1 N–H and O–H groups in total. The smallest absolute Gasteiger partial charge is 0.266 e. The van der Waals surface area contributed by atoms with Crippen LogP contribution in [0.5, 0.6) is 0 Å². The number of hydrogen-bond donors (Lipinski definition) is 1. The van der Waals surface area contributed by atoms with E-state index in [1.54, 1.807) is 6.08 Å². The van der Waals surface area contributed by atoms with E-state index in [9.17, 15) is 10.1 Å². The molecule has 0 aliphatic heterocycles. The molecule has 0 aliphatic rings. The molecule has 0 saturated heterocycles. The summed E-state index contributed by atoms with van der Waals surface area (Å²) >= 11 is 0. The van der Waals surface area contributed by atoms with Gasteiger partial charge >= 0.3 is 0 Å². The SMILES string of the molecule is CCc1ccccc1NC(=O)/C(C#N)=C/c1cc(C)n(-c2ccccc2)c1. The van der Waals surface area contributed by atoms with Crippen molar-refractivity contribution < 1.29 is 4.79 Å². The number of benzene rings is 2. The molecule has 0 radical (unpaired) electrons. The van der Waals surface area contributed by atoms with Crippen LogP contribution in [0.1, 0.15) is 23.7 Å². The van der Waals surface area contributed by atoms with Gasteiger partial charge in [-0.3, -0.25) is 4.79 Å². The summed E-state index contributed by atoms with van der Waals surface area (Å²) in [5.41, 5.74) is 4.73. The van der Waals surface area contributed by atoms with Gasteiger partial charge in [0, 0.05) is 23.3 Å². The number of aromatic nitrogens is 1. The van der Waals surface area contributed by atoms with Gasteiger partial charge in [-0.15, -0.1) is 0 Å². The van der Waals surface area contributed by atoms with Crippen molar-refractivity contribution in [3.8, 4) is 11.8 Å². The topological polar surface area (TPSA) is 57.8 Å². The Morgan fingerprint density at radius 2 is 1.85 bits per heavy atom. The quantitative estimate of drug-likeness (QED) is 0.523. The fourth-order valence-corrected chi connectivity index (χ4v) is 3.00. The Hall–Kier alpha value is -3.58. The summed E-state index contributed by atoms with van der Waals surface area (Å²) < 4.78 is 2.03. The molecular formula is C23H21N3O. The Morgan fingerprint density at radius 1 is 1.15 bits per heavy atom. The summed E-state index contributed by atoms with van der Waals surface area (Å²) in [7, 11) is 0. The van der Waals surface area contributed by atoms with Gasteiger partial charge in [-0.05, 0) is 54.8 Å². The second-order valence-corrected chi connectivity index (χ2v) is 6.26. The highest BCUT2D eigenvalue weighted by Gasteiger charge is 2.12. The van der Waals surface area contributed by atoms with Gasteiger partial charge in [-0.1, -0.05) is 43.3 Å². The molecule has 4 nitrogen and oxygen atoms in total. The lowest BCUT2D eigenvalue weighted by Crippen LogP contribution is -2.14. The van der Waals surface area contributed by atoms with Gasteiger partial charge in [0.15, 0.2) is 0 Å². The average Bonchev–Trinajstić information content (AvgIpc) is 3.07. The van der Waals surface area contributed by atoms with E-state index in [1.807, 2.05) is 91.3 Å². The van der Waals surface area contributed by atoms with Crippen molar-refractivity contribution in [1.29, 1.82) is 5.26 Å². The number of nitrogens with one attached hydrogen (secondary N) is 1. The number of nitriles is 1. The monoisotopic (exact) mass is 355 g/mol. The maximum absolute atomic E-state index is 12.6. The molecule has 1 aromatic heterocycles. The highest BCUT2D eigenvalue weighted by molar-refractivity contribution is 6.10. The van der Waals surface area contributed by atoms with Gasteiger partial charge in [-0.25, -0.2) is 0 Å². The van der Waals surface area contributed by atoms with Crippen molar-refractivity contribution in [3.05, 3.63) is 89.3 Å². The van der Waals surface area contributed by atoms with Gasteiger partial charge < -0.3 is 9.88 Å². The van der Waals surface area contributed by atoms with E-state index in [4.69, 9.17) is 0 Å².